The highest BCUT2D eigenvalue weighted by Gasteiger charge is 2.42. The number of β-amino-alcohol motifs (C(OH)–C–C–N with tert-alkyl or cyclic N) is 1. The molecule has 1 atom stereocenters. The molecule has 0 bridgehead atoms. The minimum absolute atomic E-state index is 0.304. The molecule has 2 aliphatic rings. The summed E-state index contributed by atoms with van der Waals surface area (Å²) in [6.07, 6.45) is 2.89. The number of aromatic nitrogens is 2. The molecule has 7 nitrogen and oxygen atoms in total. The van der Waals surface area contributed by atoms with Gasteiger partial charge in [0.25, 0.3) is 5.89 Å². The van der Waals surface area contributed by atoms with Gasteiger partial charge in [-0.25, -0.2) is 0 Å². The predicted octanol–water partition coefficient (Wildman–Crippen LogP) is 3.25. The highest BCUT2D eigenvalue weighted by molar-refractivity contribution is 5.30. The standard InChI is InChI=1S/C23H33N3O4/c1-16-12-17(2)14-19(13-16)20(27)15-26-8-6-23(28-3,7-9-26)22-24-21(25-30-22)18-4-10-29-11-5-18/h12-14,18,20,27H,4-11,15H2,1-3H3/t20-/m0/s1. The number of aliphatic hydroxyl groups is 1. The Labute approximate surface area is 178 Å². The summed E-state index contributed by atoms with van der Waals surface area (Å²) in [5.74, 6) is 1.66. The summed E-state index contributed by atoms with van der Waals surface area (Å²) in [5, 5.41) is 15.0. The van der Waals surface area contributed by atoms with Crippen molar-refractivity contribution in [1.29, 1.82) is 0 Å². The molecule has 7 heteroatoms. The predicted molar refractivity (Wildman–Crippen MR) is 112 cm³/mol. The fraction of sp³-hybridized carbons (Fsp3) is 0.652. The van der Waals surface area contributed by atoms with Gasteiger partial charge in [0, 0.05) is 45.9 Å². The smallest absolute Gasteiger partial charge is 0.258 e. The number of rotatable bonds is 6. The second kappa shape index (κ2) is 9.14. The zero-order chi connectivity index (χ0) is 21.1. The molecule has 30 heavy (non-hydrogen) atoms. The number of benzene rings is 1. The number of ether oxygens (including phenoxy) is 2. The molecule has 2 aliphatic heterocycles. The summed E-state index contributed by atoms with van der Waals surface area (Å²) in [7, 11) is 1.72. The Hall–Kier alpha value is -1.80. The molecule has 1 N–H and O–H groups in total. The van der Waals surface area contributed by atoms with E-state index >= 15 is 0 Å². The van der Waals surface area contributed by atoms with Crippen LogP contribution in [0.4, 0.5) is 0 Å². The van der Waals surface area contributed by atoms with Gasteiger partial charge in [-0.05, 0) is 45.1 Å². The molecule has 2 saturated heterocycles. The maximum absolute atomic E-state index is 10.7. The van der Waals surface area contributed by atoms with Crippen LogP contribution in [0.1, 0.15) is 66.1 Å². The lowest BCUT2D eigenvalue weighted by atomic mass is 9.90. The molecule has 164 valence electrons. The molecule has 2 fully saturated rings. The van der Waals surface area contributed by atoms with E-state index in [0.29, 0.717) is 18.4 Å². The monoisotopic (exact) mass is 415 g/mol. The molecule has 0 amide bonds. The van der Waals surface area contributed by atoms with Crippen LogP contribution in [0.2, 0.25) is 0 Å². The van der Waals surface area contributed by atoms with Crippen LogP contribution in [-0.4, -0.2) is 60.1 Å². The van der Waals surface area contributed by atoms with Gasteiger partial charge in [-0.2, -0.15) is 4.98 Å². The van der Waals surface area contributed by atoms with Gasteiger partial charge in [-0.1, -0.05) is 34.5 Å². The SMILES string of the molecule is COC1(c2nc(C3CCOCC3)no2)CCN(C[C@H](O)c2cc(C)cc(C)c2)CC1. The van der Waals surface area contributed by atoms with Crippen molar-refractivity contribution >= 4 is 0 Å². The Morgan fingerprint density at radius 2 is 1.83 bits per heavy atom. The third-order valence-corrected chi connectivity index (χ3v) is 6.53. The van der Waals surface area contributed by atoms with Gasteiger partial charge in [0.1, 0.15) is 5.60 Å². The van der Waals surface area contributed by atoms with E-state index in [0.717, 1.165) is 63.4 Å². The van der Waals surface area contributed by atoms with Gasteiger partial charge in [0.15, 0.2) is 5.82 Å². The molecule has 1 aromatic carbocycles. The third-order valence-electron chi connectivity index (χ3n) is 6.53. The normalized spacial score (nSPS) is 21.6. The van der Waals surface area contributed by atoms with Crippen molar-refractivity contribution in [3.05, 3.63) is 46.6 Å². The molecule has 0 saturated carbocycles. The largest absolute Gasteiger partial charge is 0.387 e. The first-order valence-electron chi connectivity index (χ1n) is 10.9. The van der Waals surface area contributed by atoms with Crippen molar-refractivity contribution in [2.75, 3.05) is 40.0 Å². The van der Waals surface area contributed by atoms with Crippen LogP contribution in [0.15, 0.2) is 22.7 Å². The fourth-order valence-electron chi connectivity index (χ4n) is 4.70. The molecule has 1 aromatic heterocycles. The van der Waals surface area contributed by atoms with Gasteiger partial charge in [0.05, 0.1) is 6.10 Å². The second-order valence-corrected chi connectivity index (χ2v) is 8.78. The van der Waals surface area contributed by atoms with E-state index in [1.165, 1.54) is 11.1 Å². The van der Waals surface area contributed by atoms with E-state index in [9.17, 15) is 5.11 Å². The Morgan fingerprint density at radius 3 is 2.47 bits per heavy atom. The number of nitrogens with zero attached hydrogens (tertiary/aromatic N) is 3. The van der Waals surface area contributed by atoms with Crippen molar-refractivity contribution in [1.82, 2.24) is 15.0 Å². The molecular formula is C23H33N3O4. The van der Waals surface area contributed by atoms with Crippen LogP contribution in [0.3, 0.4) is 0 Å². The highest BCUT2D eigenvalue weighted by Crippen LogP contribution is 2.37. The number of hydrogen-bond donors (Lipinski definition) is 1. The summed E-state index contributed by atoms with van der Waals surface area (Å²) >= 11 is 0. The van der Waals surface area contributed by atoms with Crippen LogP contribution in [0.5, 0.6) is 0 Å². The topological polar surface area (TPSA) is 80.9 Å². The lowest BCUT2D eigenvalue weighted by molar-refractivity contribution is -0.0866. The molecule has 0 unspecified atom stereocenters. The van der Waals surface area contributed by atoms with Crippen LogP contribution in [0, 0.1) is 13.8 Å². The average Bonchev–Trinajstić information content (AvgIpc) is 3.25. The van der Waals surface area contributed by atoms with Crippen LogP contribution >= 0.6 is 0 Å². The molecule has 3 heterocycles. The zero-order valence-electron chi connectivity index (χ0n) is 18.3. The number of likely N-dealkylation sites (tertiary alicyclic amines) is 1. The van der Waals surface area contributed by atoms with E-state index in [4.69, 9.17) is 19.0 Å². The summed E-state index contributed by atoms with van der Waals surface area (Å²) in [6.45, 7) is 7.87. The number of aryl methyl sites for hydroxylation is 2. The Balaban J connectivity index is 1.38. The minimum atomic E-state index is -0.544. The van der Waals surface area contributed by atoms with E-state index in [2.05, 4.69) is 42.1 Å². The molecule has 0 radical (unpaired) electrons. The zero-order valence-corrected chi connectivity index (χ0v) is 18.3. The summed E-state index contributed by atoms with van der Waals surface area (Å²) in [4.78, 5) is 7.01. The van der Waals surface area contributed by atoms with E-state index in [1.54, 1.807) is 7.11 Å². The first-order valence-corrected chi connectivity index (χ1v) is 10.9. The van der Waals surface area contributed by atoms with Crippen molar-refractivity contribution in [3.63, 3.8) is 0 Å². The van der Waals surface area contributed by atoms with Crippen LogP contribution in [-0.2, 0) is 15.1 Å². The first kappa shape index (κ1) is 21.4. The van der Waals surface area contributed by atoms with Crippen molar-refractivity contribution in [2.24, 2.45) is 0 Å². The van der Waals surface area contributed by atoms with Gasteiger partial charge >= 0.3 is 0 Å². The van der Waals surface area contributed by atoms with Gasteiger partial charge in [-0.3, -0.25) is 0 Å². The van der Waals surface area contributed by atoms with Crippen LogP contribution in [0.25, 0.3) is 0 Å². The lowest BCUT2D eigenvalue weighted by Gasteiger charge is -2.39. The van der Waals surface area contributed by atoms with E-state index < -0.39 is 11.7 Å². The highest BCUT2D eigenvalue weighted by atomic mass is 16.5. The number of piperidine rings is 1. The molecule has 2 aromatic rings. The van der Waals surface area contributed by atoms with E-state index in [1.807, 2.05) is 0 Å². The number of hydrogen-bond acceptors (Lipinski definition) is 7. The Morgan fingerprint density at radius 1 is 1.17 bits per heavy atom. The average molecular weight is 416 g/mol. The minimum Gasteiger partial charge on any atom is -0.387 e. The molecular weight excluding hydrogens is 382 g/mol. The Bertz CT molecular complexity index is 818. The lowest BCUT2D eigenvalue weighted by Crippen LogP contribution is -2.45. The summed E-state index contributed by atoms with van der Waals surface area (Å²) in [5.41, 5.74) is 2.79. The number of aliphatic hydroxyl groups excluding tert-OH is 1. The molecule has 0 aliphatic carbocycles. The van der Waals surface area contributed by atoms with Gasteiger partial charge < -0.3 is 24.0 Å². The number of methoxy groups -OCH3 is 1. The first-order chi connectivity index (χ1) is 14.5. The fourth-order valence-corrected chi connectivity index (χ4v) is 4.70. The van der Waals surface area contributed by atoms with E-state index in [-0.39, 0.29) is 0 Å². The molecule has 0 spiro atoms. The second-order valence-electron chi connectivity index (χ2n) is 8.78. The van der Waals surface area contributed by atoms with Crippen molar-refractivity contribution in [3.8, 4) is 0 Å². The molecule has 4 rings (SSSR count). The third kappa shape index (κ3) is 4.59. The van der Waals surface area contributed by atoms with Crippen LogP contribution < -0.4 is 0 Å². The quantitative estimate of drug-likeness (QED) is 0.776. The summed E-state index contributed by atoms with van der Waals surface area (Å²) < 4.78 is 17.0. The van der Waals surface area contributed by atoms with Gasteiger partial charge in [0.2, 0.25) is 0 Å². The summed E-state index contributed by atoms with van der Waals surface area (Å²) in [6, 6.07) is 6.26. The maximum atomic E-state index is 10.7. The Kier molecular flexibility index (Phi) is 6.53. The maximum Gasteiger partial charge on any atom is 0.258 e. The van der Waals surface area contributed by atoms with Gasteiger partial charge in [-0.15, -0.1) is 0 Å². The van der Waals surface area contributed by atoms with Crippen molar-refractivity contribution < 1.29 is 19.1 Å². The van der Waals surface area contributed by atoms with Crippen molar-refractivity contribution in [2.45, 2.75) is 57.2 Å².